The van der Waals surface area contributed by atoms with Gasteiger partial charge in [0.2, 0.25) is 0 Å². The van der Waals surface area contributed by atoms with Gasteiger partial charge < -0.3 is 9.84 Å². The van der Waals surface area contributed by atoms with Crippen molar-refractivity contribution in [3.63, 3.8) is 0 Å². The zero-order valence-electron chi connectivity index (χ0n) is 9.59. The summed E-state index contributed by atoms with van der Waals surface area (Å²) in [4.78, 5) is 11.4. The van der Waals surface area contributed by atoms with Crippen LogP contribution in [0.1, 0.15) is 6.42 Å². The van der Waals surface area contributed by atoms with E-state index in [4.69, 9.17) is 0 Å². The highest BCUT2D eigenvalue weighted by molar-refractivity contribution is 5.80. The van der Waals surface area contributed by atoms with E-state index in [1.807, 2.05) is 36.5 Å². The third kappa shape index (κ3) is 2.45. The first-order valence-electron chi connectivity index (χ1n) is 5.43. The van der Waals surface area contributed by atoms with E-state index in [1.165, 1.54) is 7.11 Å². The Balaban J connectivity index is 2.35. The molecule has 0 fully saturated rings. The Morgan fingerprint density at radius 2 is 2.06 bits per heavy atom. The summed E-state index contributed by atoms with van der Waals surface area (Å²) >= 11 is 0. The molecule has 88 valence electrons. The normalized spacial score (nSPS) is 19.5. The van der Waals surface area contributed by atoms with E-state index >= 15 is 0 Å². The lowest BCUT2D eigenvalue weighted by Gasteiger charge is -2.14. The number of esters is 1. The summed E-state index contributed by atoms with van der Waals surface area (Å²) in [5.41, 5.74) is 2.68. The number of hydrogen-bond acceptors (Lipinski definition) is 3. The number of carbonyl (C=O) groups excluding carboxylic acids is 1. The molecule has 1 unspecified atom stereocenters. The number of carbonyl (C=O) groups is 1. The summed E-state index contributed by atoms with van der Waals surface area (Å²) < 4.78 is 4.56. The van der Waals surface area contributed by atoms with Gasteiger partial charge in [-0.3, -0.25) is 0 Å². The van der Waals surface area contributed by atoms with Crippen LogP contribution < -0.4 is 0 Å². The van der Waals surface area contributed by atoms with E-state index < -0.39 is 12.1 Å². The van der Waals surface area contributed by atoms with Gasteiger partial charge in [-0.25, -0.2) is 4.79 Å². The summed E-state index contributed by atoms with van der Waals surface area (Å²) in [7, 11) is 1.27. The maximum absolute atomic E-state index is 11.4. The lowest BCUT2D eigenvalue weighted by atomic mass is 9.96. The number of aliphatic hydroxyl groups excluding tert-OH is 1. The highest BCUT2D eigenvalue weighted by atomic mass is 16.5. The van der Waals surface area contributed by atoms with Gasteiger partial charge >= 0.3 is 5.97 Å². The molecule has 0 saturated carbocycles. The van der Waals surface area contributed by atoms with Crippen LogP contribution in [-0.4, -0.2) is 24.3 Å². The van der Waals surface area contributed by atoms with Gasteiger partial charge in [-0.1, -0.05) is 42.5 Å². The highest BCUT2D eigenvalue weighted by Gasteiger charge is 2.24. The van der Waals surface area contributed by atoms with Crippen molar-refractivity contribution >= 4 is 5.97 Å². The molecule has 0 heterocycles. The van der Waals surface area contributed by atoms with Gasteiger partial charge in [0.1, 0.15) is 0 Å². The fourth-order valence-corrected chi connectivity index (χ4v) is 1.89. The summed E-state index contributed by atoms with van der Waals surface area (Å²) in [6.07, 6.45) is 12.8. The molecule has 0 aliphatic heterocycles. The molecule has 1 N–H and O–H groups in total. The lowest BCUT2D eigenvalue weighted by molar-refractivity contribution is -0.148. The maximum Gasteiger partial charge on any atom is 0.339 e. The molecule has 0 aromatic rings. The third-order valence-electron chi connectivity index (χ3n) is 2.79. The number of hydrogen-bond donors (Lipinski definition) is 1. The topological polar surface area (TPSA) is 46.5 Å². The average molecular weight is 230 g/mol. The maximum atomic E-state index is 11.4. The molecule has 17 heavy (non-hydrogen) atoms. The van der Waals surface area contributed by atoms with E-state index in [0.29, 0.717) is 12.0 Å². The molecular weight excluding hydrogens is 216 g/mol. The first-order chi connectivity index (χ1) is 8.22. The SMILES string of the molecule is COC(=O)C(O)C1=CC=CC2=CC=CC=C1C2. The molecule has 3 nitrogen and oxygen atoms in total. The number of aliphatic hydroxyl groups is 1. The van der Waals surface area contributed by atoms with E-state index in [2.05, 4.69) is 4.74 Å². The first kappa shape index (κ1) is 11.6. The number of ether oxygens (including phenoxy) is 1. The monoisotopic (exact) mass is 230 g/mol. The molecule has 3 heteroatoms. The Morgan fingerprint density at radius 1 is 1.29 bits per heavy atom. The molecule has 2 rings (SSSR count). The van der Waals surface area contributed by atoms with Crippen LogP contribution in [0.5, 0.6) is 0 Å². The largest absolute Gasteiger partial charge is 0.467 e. The van der Waals surface area contributed by atoms with Crippen LogP contribution in [-0.2, 0) is 9.53 Å². The van der Waals surface area contributed by atoms with Gasteiger partial charge in [0.15, 0.2) is 6.10 Å². The number of allylic oxidation sites excluding steroid dienone is 8. The van der Waals surface area contributed by atoms with Gasteiger partial charge in [0.25, 0.3) is 0 Å². The summed E-state index contributed by atoms with van der Waals surface area (Å²) in [5.74, 6) is -0.633. The van der Waals surface area contributed by atoms with E-state index in [-0.39, 0.29) is 0 Å². The number of fused-ring (bicyclic) bond motifs is 2. The smallest absolute Gasteiger partial charge is 0.339 e. The minimum atomic E-state index is -1.22. The van der Waals surface area contributed by atoms with Crippen LogP contribution in [0.4, 0.5) is 0 Å². The number of methoxy groups -OCH3 is 1. The Labute approximate surface area is 100 Å². The van der Waals surface area contributed by atoms with Crippen LogP contribution in [0, 0.1) is 0 Å². The van der Waals surface area contributed by atoms with Crippen molar-refractivity contribution in [3.05, 3.63) is 59.3 Å². The molecule has 1 atom stereocenters. The van der Waals surface area contributed by atoms with Crippen molar-refractivity contribution in [1.82, 2.24) is 0 Å². The zero-order valence-corrected chi connectivity index (χ0v) is 9.59. The summed E-state index contributed by atoms with van der Waals surface area (Å²) in [6, 6.07) is 0. The standard InChI is InChI=1S/C14H14O3/c1-17-14(16)13(15)12-8-4-6-10-5-2-3-7-11(12)9-10/h2-8,13,15H,9H2,1H3. The quantitative estimate of drug-likeness (QED) is 0.736. The predicted octanol–water partition coefficient (Wildman–Crippen LogP) is 1.83. The van der Waals surface area contributed by atoms with Gasteiger partial charge in [-0.05, 0) is 23.1 Å². The van der Waals surface area contributed by atoms with Gasteiger partial charge in [0.05, 0.1) is 7.11 Å². The minimum absolute atomic E-state index is 0.600. The second kappa shape index (κ2) is 4.97. The van der Waals surface area contributed by atoms with E-state index in [0.717, 1.165) is 11.1 Å². The molecule has 2 aliphatic rings. The third-order valence-corrected chi connectivity index (χ3v) is 2.79. The fraction of sp³-hybridized carbons (Fsp3) is 0.214. The minimum Gasteiger partial charge on any atom is -0.467 e. The van der Waals surface area contributed by atoms with Crippen LogP contribution in [0.25, 0.3) is 0 Å². The van der Waals surface area contributed by atoms with Gasteiger partial charge in [-0.2, -0.15) is 0 Å². The Hall–Kier alpha value is -1.87. The van der Waals surface area contributed by atoms with Crippen molar-refractivity contribution in [2.45, 2.75) is 12.5 Å². The molecular formula is C14H14O3. The molecule has 2 aliphatic carbocycles. The Bertz CT molecular complexity index is 476. The van der Waals surface area contributed by atoms with Crippen molar-refractivity contribution in [1.29, 1.82) is 0 Å². The Morgan fingerprint density at radius 3 is 2.82 bits per heavy atom. The zero-order chi connectivity index (χ0) is 12.3. The molecule has 0 aromatic carbocycles. The molecule has 0 radical (unpaired) electrons. The average Bonchev–Trinajstić information content (AvgIpc) is 2.70. The second-order valence-electron chi connectivity index (χ2n) is 3.90. The molecule has 2 bridgehead atoms. The van der Waals surface area contributed by atoms with Crippen molar-refractivity contribution < 1.29 is 14.6 Å². The van der Waals surface area contributed by atoms with E-state index in [1.54, 1.807) is 6.08 Å². The summed E-state index contributed by atoms with van der Waals surface area (Å²) in [5, 5.41) is 9.91. The molecule has 0 aromatic heterocycles. The van der Waals surface area contributed by atoms with Crippen LogP contribution in [0.3, 0.4) is 0 Å². The van der Waals surface area contributed by atoms with Crippen molar-refractivity contribution in [2.75, 3.05) is 7.11 Å². The fourth-order valence-electron chi connectivity index (χ4n) is 1.89. The van der Waals surface area contributed by atoms with Crippen LogP contribution in [0.15, 0.2) is 59.3 Å². The highest BCUT2D eigenvalue weighted by Crippen LogP contribution is 2.28. The van der Waals surface area contributed by atoms with Crippen LogP contribution >= 0.6 is 0 Å². The van der Waals surface area contributed by atoms with Crippen molar-refractivity contribution in [3.8, 4) is 0 Å². The first-order valence-corrected chi connectivity index (χ1v) is 5.43. The number of rotatable bonds is 2. The molecule has 0 amide bonds. The molecule has 0 saturated heterocycles. The second-order valence-corrected chi connectivity index (χ2v) is 3.90. The predicted molar refractivity (Wildman–Crippen MR) is 65.2 cm³/mol. The van der Waals surface area contributed by atoms with Crippen molar-refractivity contribution in [2.24, 2.45) is 0 Å². The van der Waals surface area contributed by atoms with Gasteiger partial charge in [0, 0.05) is 0 Å². The Kier molecular flexibility index (Phi) is 3.40. The van der Waals surface area contributed by atoms with Gasteiger partial charge in [-0.15, -0.1) is 0 Å². The lowest BCUT2D eigenvalue weighted by Crippen LogP contribution is -2.25. The summed E-state index contributed by atoms with van der Waals surface area (Å²) in [6.45, 7) is 0. The van der Waals surface area contributed by atoms with E-state index in [9.17, 15) is 9.90 Å². The van der Waals surface area contributed by atoms with Crippen LogP contribution in [0.2, 0.25) is 0 Å². The molecule has 0 spiro atoms.